The fraction of sp³-hybridized carbons (Fsp3) is 0.500. The third-order valence-electron chi connectivity index (χ3n) is 1.19. The molecule has 0 aromatic carbocycles. The Hall–Kier alpha value is -0.645. The second-order valence-electron chi connectivity index (χ2n) is 2.40. The zero-order chi connectivity index (χ0) is 10.5. The molecule has 1 rings (SSSR count). The Morgan fingerprint density at radius 3 is 2.08 bits per heavy atom. The molecule has 0 aliphatic rings. The summed E-state index contributed by atoms with van der Waals surface area (Å²) in [5.41, 5.74) is 0. The van der Waals surface area contributed by atoms with E-state index >= 15 is 0 Å². The van der Waals surface area contributed by atoms with Crippen molar-refractivity contribution in [1.82, 2.24) is 4.57 Å². The van der Waals surface area contributed by atoms with Crippen LogP contribution in [0, 0.1) is 0 Å². The van der Waals surface area contributed by atoms with Crippen LogP contribution in [-0.4, -0.2) is 11.0 Å². The van der Waals surface area contributed by atoms with Crippen molar-refractivity contribution >= 4 is 17.9 Å². The zero-order valence-electron chi connectivity index (χ0n) is 7.42. The van der Waals surface area contributed by atoms with Crippen molar-refractivity contribution in [2.24, 2.45) is 7.05 Å². The van der Waals surface area contributed by atoms with Gasteiger partial charge in [0.25, 0.3) is 0 Å². The molecule has 76 valence electrons. The van der Waals surface area contributed by atoms with Crippen LogP contribution in [0.15, 0.2) is 18.7 Å². The highest BCUT2D eigenvalue weighted by atomic mass is 35.5. The number of aryl methyl sites for hydroxylation is 2. The van der Waals surface area contributed by atoms with Gasteiger partial charge in [-0.1, -0.05) is 0 Å². The van der Waals surface area contributed by atoms with Gasteiger partial charge in [-0.2, -0.15) is 0 Å². The average molecular weight is 214 g/mol. The quantitative estimate of drug-likeness (QED) is 0.499. The molecule has 0 radical (unpaired) electrons. The van der Waals surface area contributed by atoms with Crippen LogP contribution in [0.3, 0.4) is 0 Å². The number of rotatable bonds is 1. The molecule has 0 fully saturated rings. The molecule has 0 saturated carbocycles. The van der Waals surface area contributed by atoms with Crippen LogP contribution < -0.4 is 4.57 Å². The summed E-state index contributed by atoms with van der Waals surface area (Å²) < 4.78 is 34.7. The van der Waals surface area contributed by atoms with Crippen LogP contribution in [0.1, 0.15) is 6.92 Å². The zero-order valence-corrected chi connectivity index (χ0v) is 8.18. The lowest BCUT2D eigenvalue weighted by Crippen LogP contribution is -2.28. The van der Waals surface area contributed by atoms with Gasteiger partial charge in [0, 0.05) is 0 Å². The second kappa shape index (κ2) is 5.16. The van der Waals surface area contributed by atoms with Crippen molar-refractivity contribution in [3.8, 4) is 0 Å². The van der Waals surface area contributed by atoms with Gasteiger partial charge in [-0.25, -0.2) is 9.13 Å². The van der Waals surface area contributed by atoms with E-state index in [1.54, 1.807) is 0 Å². The summed E-state index contributed by atoms with van der Waals surface area (Å²) in [7, 11) is 2.02. The molecule has 1 aromatic heterocycles. The molecule has 0 unspecified atom stereocenters. The summed E-state index contributed by atoms with van der Waals surface area (Å²) >= 11 is 3.59. The Kier molecular flexibility index (Phi) is 4.91. The van der Waals surface area contributed by atoms with Crippen molar-refractivity contribution in [3.05, 3.63) is 18.7 Å². The van der Waals surface area contributed by atoms with Gasteiger partial charge >= 0.3 is 6.39 Å². The number of nitrogens with zero attached hydrogens (tertiary/aromatic N) is 2. The topological polar surface area (TPSA) is 8.81 Å². The summed E-state index contributed by atoms with van der Waals surface area (Å²) in [5, 5.41) is 0. The van der Waals surface area contributed by atoms with Gasteiger partial charge in [-0.05, 0) is 6.92 Å². The maximum atomic E-state index is 10.2. The van der Waals surface area contributed by atoms with Crippen LogP contribution in [-0.2, 0) is 13.6 Å². The van der Waals surface area contributed by atoms with Crippen molar-refractivity contribution in [2.45, 2.75) is 13.5 Å². The third-order valence-corrected chi connectivity index (χ3v) is 1.19. The Bertz CT molecular complexity index is 242. The van der Waals surface area contributed by atoms with Gasteiger partial charge in [-0.3, -0.25) is 11.5 Å². The predicted octanol–water partition coefficient (Wildman–Crippen LogP) is 1.90. The van der Waals surface area contributed by atoms with Gasteiger partial charge in [0.15, 0.2) is 0 Å². The fourth-order valence-electron chi connectivity index (χ4n) is 0.689. The Balaban J connectivity index is 0.000000252. The van der Waals surface area contributed by atoms with E-state index in [1.807, 2.05) is 17.8 Å². The monoisotopic (exact) mass is 214 g/mol. The number of hydrogen-bond donors (Lipinski definition) is 0. The number of halogens is 4. The smallest absolute Gasteiger partial charge is 0.435 e. The number of imidazole rings is 1. The van der Waals surface area contributed by atoms with Crippen LogP contribution in [0.2, 0.25) is 0 Å². The lowest BCUT2D eigenvalue weighted by atomic mass is 10.4. The summed E-state index contributed by atoms with van der Waals surface area (Å²) in [5.74, 6) is 0. The SMILES string of the molecule is CC[n+]1ccn(C)c1.F[B-](F)(F)Cl. The first-order valence-electron chi connectivity index (χ1n) is 3.71. The lowest BCUT2D eigenvalue weighted by molar-refractivity contribution is -0.693. The van der Waals surface area contributed by atoms with E-state index in [2.05, 4.69) is 35.5 Å². The first-order chi connectivity index (χ1) is 5.83. The van der Waals surface area contributed by atoms with Crippen molar-refractivity contribution in [1.29, 1.82) is 0 Å². The minimum Gasteiger partial charge on any atom is -0.435 e. The highest BCUT2D eigenvalue weighted by Gasteiger charge is 2.15. The van der Waals surface area contributed by atoms with E-state index in [1.165, 1.54) is 0 Å². The second-order valence-corrected chi connectivity index (χ2v) is 2.90. The van der Waals surface area contributed by atoms with E-state index < -0.39 is 6.39 Å². The molecule has 0 amide bonds. The number of hydrogen-bond acceptors (Lipinski definition) is 0. The predicted molar refractivity (Wildman–Crippen MR) is 46.2 cm³/mol. The molecule has 1 aromatic rings. The Morgan fingerprint density at radius 1 is 1.46 bits per heavy atom. The van der Waals surface area contributed by atoms with Crippen molar-refractivity contribution < 1.29 is 17.5 Å². The van der Waals surface area contributed by atoms with Crippen molar-refractivity contribution in [3.63, 3.8) is 0 Å². The maximum absolute atomic E-state index is 10.2. The first-order valence-corrected chi connectivity index (χ1v) is 4.15. The highest BCUT2D eigenvalue weighted by molar-refractivity contribution is 7.08. The molecule has 7 heteroatoms. The maximum Gasteiger partial charge on any atom is 0.576 e. The normalized spacial score (nSPS) is 10.6. The molecule has 0 aliphatic heterocycles. The molecule has 0 saturated heterocycles. The largest absolute Gasteiger partial charge is 0.576 e. The highest BCUT2D eigenvalue weighted by Crippen LogP contribution is 2.11. The molecule has 1 heterocycles. The fourth-order valence-corrected chi connectivity index (χ4v) is 0.689. The third kappa shape index (κ3) is 9.27. The Morgan fingerprint density at radius 2 is 1.92 bits per heavy atom. The van der Waals surface area contributed by atoms with Crippen LogP contribution in [0.5, 0.6) is 0 Å². The molecule has 0 N–H and O–H groups in total. The minimum atomic E-state index is -5.03. The molecule has 0 bridgehead atoms. The standard InChI is InChI=1S/C6H11N2.BClF3/c1-3-8-5-4-7(2)6-8;2-1(3,4)5/h4-6H,3H2,1-2H3;/q+1;-1. The van der Waals surface area contributed by atoms with Crippen molar-refractivity contribution in [2.75, 3.05) is 0 Å². The van der Waals surface area contributed by atoms with E-state index in [-0.39, 0.29) is 0 Å². The summed E-state index contributed by atoms with van der Waals surface area (Å²) in [4.78, 5) is 0. The Labute approximate surface area is 79.9 Å². The van der Waals surface area contributed by atoms with Crippen LogP contribution in [0.25, 0.3) is 0 Å². The molecule has 0 atom stereocenters. The van der Waals surface area contributed by atoms with Crippen LogP contribution in [0.4, 0.5) is 12.9 Å². The molecular weight excluding hydrogens is 203 g/mol. The van der Waals surface area contributed by atoms with Crippen LogP contribution >= 0.6 is 11.5 Å². The summed E-state index contributed by atoms with van der Waals surface area (Å²) in [6.07, 6.45) is 1.11. The van der Waals surface area contributed by atoms with Gasteiger partial charge in [0.05, 0.1) is 13.6 Å². The minimum absolute atomic E-state index is 1.06. The van der Waals surface area contributed by atoms with E-state index in [9.17, 15) is 12.9 Å². The van der Waals surface area contributed by atoms with E-state index in [0.717, 1.165) is 6.54 Å². The molecular formula is C6H11BClF3N2. The van der Waals surface area contributed by atoms with Gasteiger partial charge in [0.2, 0.25) is 6.33 Å². The van der Waals surface area contributed by atoms with E-state index in [4.69, 9.17) is 0 Å². The summed E-state index contributed by atoms with van der Waals surface area (Å²) in [6, 6.07) is 0. The molecule has 0 spiro atoms. The first kappa shape index (κ1) is 12.4. The van der Waals surface area contributed by atoms with E-state index in [0.29, 0.717) is 0 Å². The van der Waals surface area contributed by atoms with Gasteiger partial charge in [0.1, 0.15) is 12.4 Å². The number of aromatic nitrogens is 2. The van der Waals surface area contributed by atoms with Gasteiger partial charge < -0.3 is 12.9 Å². The average Bonchev–Trinajstić information content (AvgIpc) is 2.31. The summed E-state index contributed by atoms with van der Waals surface area (Å²) in [6.45, 7) is 3.18. The lowest BCUT2D eigenvalue weighted by Gasteiger charge is -1.97. The van der Waals surface area contributed by atoms with Gasteiger partial charge in [-0.15, -0.1) is 0 Å². The molecule has 13 heavy (non-hydrogen) atoms. The molecule has 0 aliphatic carbocycles. The molecule has 2 nitrogen and oxygen atoms in total.